The Balaban J connectivity index is 1.30. The van der Waals surface area contributed by atoms with Gasteiger partial charge in [0.1, 0.15) is 23.3 Å². The molecule has 2 fully saturated rings. The quantitative estimate of drug-likeness (QED) is 0.373. The number of pyridine rings is 1. The van der Waals surface area contributed by atoms with Gasteiger partial charge in [-0.2, -0.15) is 14.6 Å². The highest BCUT2D eigenvalue weighted by molar-refractivity contribution is 5.90. The molecule has 6 rings (SSSR count). The van der Waals surface area contributed by atoms with Crippen LogP contribution >= 0.6 is 0 Å². The van der Waals surface area contributed by atoms with Crippen LogP contribution in [0.5, 0.6) is 0 Å². The van der Waals surface area contributed by atoms with Crippen molar-refractivity contribution in [2.24, 2.45) is 5.73 Å². The summed E-state index contributed by atoms with van der Waals surface area (Å²) < 4.78 is 37.6. The molecule has 2 aliphatic rings. The predicted molar refractivity (Wildman–Crippen MR) is 137 cm³/mol. The summed E-state index contributed by atoms with van der Waals surface area (Å²) in [5.74, 6) is -2.05. The Labute approximate surface area is 223 Å². The van der Waals surface area contributed by atoms with Crippen LogP contribution < -0.4 is 5.73 Å². The van der Waals surface area contributed by atoms with Gasteiger partial charge in [0.05, 0.1) is 24.0 Å². The van der Waals surface area contributed by atoms with E-state index in [0.29, 0.717) is 17.3 Å². The lowest BCUT2D eigenvalue weighted by Crippen LogP contribution is -2.49. The number of halogens is 2. The first-order valence-electron chi connectivity index (χ1n) is 13.0. The minimum Gasteiger partial charge on any atom is -0.444 e. The van der Waals surface area contributed by atoms with E-state index in [9.17, 15) is 13.6 Å². The Kier molecular flexibility index (Phi) is 6.69. The van der Waals surface area contributed by atoms with Crippen molar-refractivity contribution in [1.82, 2.24) is 39.3 Å². The van der Waals surface area contributed by atoms with E-state index < -0.39 is 17.7 Å². The van der Waals surface area contributed by atoms with Crippen LogP contribution in [-0.2, 0) is 0 Å². The molecule has 1 aliphatic carbocycles. The van der Waals surface area contributed by atoms with Crippen molar-refractivity contribution in [3.8, 4) is 28.5 Å². The van der Waals surface area contributed by atoms with Crippen molar-refractivity contribution in [2.45, 2.75) is 37.8 Å². The normalized spacial score (nSPS) is 20.9. The van der Waals surface area contributed by atoms with Crippen LogP contribution in [0.2, 0.25) is 0 Å². The van der Waals surface area contributed by atoms with E-state index in [0.717, 1.165) is 64.0 Å². The molecule has 0 atom stereocenters. The molecule has 39 heavy (non-hydrogen) atoms. The summed E-state index contributed by atoms with van der Waals surface area (Å²) in [6, 6.07) is 2.67. The third-order valence-electron chi connectivity index (χ3n) is 7.68. The molecule has 13 heteroatoms. The zero-order chi connectivity index (χ0) is 27.1. The molecule has 1 saturated carbocycles. The SMILES string of the molecule is CN1CCN(C2CCC(n3cc(-n4cc(-c5nc(C(N)=O)co5)cn4)c(-c4nc(F)ccc4F)n3)CC2)CC1. The number of oxazole rings is 1. The highest BCUT2D eigenvalue weighted by Crippen LogP contribution is 2.35. The zero-order valence-corrected chi connectivity index (χ0v) is 21.5. The Morgan fingerprint density at radius 2 is 1.74 bits per heavy atom. The number of rotatable bonds is 6. The third kappa shape index (κ3) is 5.06. The standard InChI is InChI=1S/C26H29F2N9O2/c1-34-8-10-35(11-9-34)17-2-4-18(5-3-17)36-14-21(24(33-36)23-19(27)6-7-22(28)32-23)37-13-16(12-30-37)26-31-20(15-39-26)25(29)38/h6-7,12-15,17-18H,2-5,8-11H2,1H3,(H2,29,38). The molecule has 0 unspecified atom stereocenters. The first-order chi connectivity index (χ1) is 18.9. The maximum atomic E-state index is 14.8. The molecular formula is C26H29F2N9O2. The molecule has 0 bridgehead atoms. The molecule has 4 aromatic heterocycles. The van der Waals surface area contributed by atoms with Crippen molar-refractivity contribution in [3.05, 3.63) is 54.4 Å². The number of amides is 1. The van der Waals surface area contributed by atoms with Crippen LogP contribution in [0.15, 0.2) is 41.4 Å². The minimum absolute atomic E-state index is 0.00975. The average molecular weight is 538 g/mol. The van der Waals surface area contributed by atoms with Gasteiger partial charge in [-0.05, 0) is 44.9 Å². The summed E-state index contributed by atoms with van der Waals surface area (Å²) in [5, 5.41) is 9.09. The zero-order valence-electron chi connectivity index (χ0n) is 21.5. The average Bonchev–Trinajstić information content (AvgIpc) is 3.70. The maximum absolute atomic E-state index is 14.8. The van der Waals surface area contributed by atoms with E-state index in [1.165, 1.54) is 17.1 Å². The summed E-state index contributed by atoms with van der Waals surface area (Å²) in [4.78, 5) is 24.2. The minimum atomic E-state index is -0.806. The number of carbonyl (C=O) groups excluding carboxylic acids is 1. The molecule has 0 spiro atoms. The molecule has 1 amide bonds. The van der Waals surface area contributed by atoms with Gasteiger partial charge < -0.3 is 15.1 Å². The van der Waals surface area contributed by atoms with Crippen molar-refractivity contribution < 1.29 is 18.0 Å². The molecule has 0 aromatic carbocycles. The van der Waals surface area contributed by atoms with Crippen molar-refractivity contribution >= 4 is 5.91 Å². The summed E-state index contributed by atoms with van der Waals surface area (Å²) in [6.45, 7) is 4.33. The van der Waals surface area contributed by atoms with Gasteiger partial charge >= 0.3 is 0 Å². The van der Waals surface area contributed by atoms with Gasteiger partial charge in [-0.1, -0.05) is 0 Å². The molecule has 204 valence electrons. The van der Waals surface area contributed by atoms with Gasteiger partial charge in [0.25, 0.3) is 5.91 Å². The fourth-order valence-electron chi connectivity index (χ4n) is 5.45. The third-order valence-corrected chi connectivity index (χ3v) is 7.68. The largest absolute Gasteiger partial charge is 0.444 e. The lowest BCUT2D eigenvalue weighted by Gasteiger charge is -2.41. The Morgan fingerprint density at radius 1 is 1.00 bits per heavy atom. The highest BCUT2D eigenvalue weighted by Gasteiger charge is 2.30. The number of primary amides is 1. The van der Waals surface area contributed by atoms with Gasteiger partial charge in [-0.3, -0.25) is 14.4 Å². The van der Waals surface area contributed by atoms with E-state index in [4.69, 9.17) is 15.2 Å². The van der Waals surface area contributed by atoms with Gasteiger partial charge in [-0.15, -0.1) is 0 Å². The maximum Gasteiger partial charge on any atom is 0.270 e. The van der Waals surface area contributed by atoms with E-state index in [1.807, 2.05) is 4.68 Å². The van der Waals surface area contributed by atoms with Crippen molar-refractivity contribution in [3.63, 3.8) is 0 Å². The number of carbonyl (C=O) groups is 1. The second-order valence-electron chi connectivity index (χ2n) is 10.2. The lowest BCUT2D eigenvalue weighted by atomic mass is 9.90. The summed E-state index contributed by atoms with van der Waals surface area (Å²) in [5.41, 5.74) is 6.15. The van der Waals surface area contributed by atoms with Gasteiger partial charge in [0.15, 0.2) is 11.5 Å². The number of hydrogen-bond donors (Lipinski definition) is 1. The van der Waals surface area contributed by atoms with E-state index in [2.05, 4.69) is 31.9 Å². The Hall–Kier alpha value is -3.97. The number of likely N-dealkylation sites (N-methyl/N-ethyl adjacent to an activating group) is 1. The van der Waals surface area contributed by atoms with Crippen LogP contribution in [0.1, 0.15) is 42.2 Å². The number of aromatic nitrogens is 6. The van der Waals surface area contributed by atoms with E-state index >= 15 is 0 Å². The Morgan fingerprint density at radius 3 is 2.46 bits per heavy atom. The predicted octanol–water partition coefficient (Wildman–Crippen LogP) is 2.89. The summed E-state index contributed by atoms with van der Waals surface area (Å²) in [6.07, 6.45) is 10.0. The molecule has 1 aliphatic heterocycles. The van der Waals surface area contributed by atoms with Crippen LogP contribution in [0.3, 0.4) is 0 Å². The van der Waals surface area contributed by atoms with E-state index in [1.54, 1.807) is 12.4 Å². The molecule has 2 N–H and O–H groups in total. The first-order valence-corrected chi connectivity index (χ1v) is 13.0. The fraction of sp³-hybridized carbons (Fsp3) is 0.423. The van der Waals surface area contributed by atoms with Gasteiger partial charge in [0.2, 0.25) is 11.8 Å². The number of hydrogen-bond acceptors (Lipinski definition) is 8. The van der Waals surface area contributed by atoms with Crippen LogP contribution in [0, 0.1) is 11.8 Å². The monoisotopic (exact) mass is 537 g/mol. The smallest absolute Gasteiger partial charge is 0.270 e. The Bertz CT molecular complexity index is 1480. The fourth-order valence-corrected chi connectivity index (χ4v) is 5.45. The number of piperazine rings is 1. The van der Waals surface area contributed by atoms with Crippen molar-refractivity contribution in [1.29, 1.82) is 0 Å². The molecular weight excluding hydrogens is 508 g/mol. The highest BCUT2D eigenvalue weighted by atomic mass is 19.1. The number of nitrogens with two attached hydrogens (primary N) is 1. The second-order valence-corrected chi connectivity index (χ2v) is 10.2. The van der Waals surface area contributed by atoms with Crippen LogP contribution in [0.4, 0.5) is 8.78 Å². The molecule has 1 saturated heterocycles. The number of nitrogens with zero attached hydrogens (tertiary/aromatic N) is 8. The topological polar surface area (TPSA) is 124 Å². The van der Waals surface area contributed by atoms with Crippen LogP contribution in [0.25, 0.3) is 28.5 Å². The van der Waals surface area contributed by atoms with Gasteiger partial charge in [0, 0.05) is 38.4 Å². The van der Waals surface area contributed by atoms with Gasteiger partial charge in [-0.25, -0.2) is 19.0 Å². The molecule has 5 heterocycles. The lowest BCUT2D eigenvalue weighted by molar-refractivity contribution is 0.0811. The molecule has 11 nitrogen and oxygen atoms in total. The van der Waals surface area contributed by atoms with E-state index in [-0.39, 0.29) is 29.0 Å². The first kappa shape index (κ1) is 25.3. The second kappa shape index (κ2) is 10.3. The summed E-state index contributed by atoms with van der Waals surface area (Å²) >= 11 is 0. The van der Waals surface area contributed by atoms with Crippen molar-refractivity contribution in [2.75, 3.05) is 33.2 Å². The molecule has 0 radical (unpaired) electrons. The summed E-state index contributed by atoms with van der Waals surface area (Å²) in [7, 11) is 2.16. The van der Waals surface area contributed by atoms with Crippen LogP contribution in [-0.4, -0.2) is 84.5 Å². The molecule has 4 aromatic rings.